The minimum absolute atomic E-state index is 0.444. The number of aromatic nitrogens is 4. The molecule has 11 rings (SSSR count). The molecule has 3 aromatic heterocycles. The van der Waals surface area contributed by atoms with Gasteiger partial charge < -0.3 is 9.13 Å². The molecule has 0 saturated heterocycles. The molecule has 0 spiro atoms. The lowest BCUT2D eigenvalue weighted by Crippen LogP contribution is -2.01. The summed E-state index contributed by atoms with van der Waals surface area (Å²) < 4.78 is 4.75. The van der Waals surface area contributed by atoms with Gasteiger partial charge in [0.1, 0.15) is 11.6 Å². The summed E-state index contributed by atoms with van der Waals surface area (Å²) in [5, 5.41) is 17.7. The second-order valence-corrected chi connectivity index (χ2v) is 14.1. The van der Waals surface area contributed by atoms with Crippen LogP contribution in [0.25, 0.3) is 99.7 Å². The predicted molar refractivity (Wildman–Crippen MR) is 229 cm³/mol. The number of nitrogens with zero attached hydrogens (tertiary/aromatic N) is 5. The van der Waals surface area contributed by atoms with E-state index in [1.807, 2.05) is 42.5 Å². The van der Waals surface area contributed by atoms with Gasteiger partial charge in [-0.05, 0) is 65.4 Å². The van der Waals surface area contributed by atoms with Gasteiger partial charge in [-0.2, -0.15) is 5.26 Å². The minimum atomic E-state index is 0.444. The molecule has 0 unspecified atom stereocenters. The summed E-state index contributed by atoms with van der Waals surface area (Å²) in [6.45, 7) is 0. The zero-order valence-electron chi connectivity index (χ0n) is 30.1. The van der Waals surface area contributed by atoms with Crippen LogP contribution in [0.2, 0.25) is 0 Å². The molecule has 5 nitrogen and oxygen atoms in total. The Labute approximate surface area is 322 Å². The number of rotatable bonds is 5. The van der Waals surface area contributed by atoms with Gasteiger partial charge in [0.05, 0.1) is 33.5 Å². The van der Waals surface area contributed by atoms with Gasteiger partial charge in [0.15, 0.2) is 5.82 Å². The van der Waals surface area contributed by atoms with Crippen molar-refractivity contribution in [1.82, 2.24) is 19.1 Å². The van der Waals surface area contributed by atoms with Crippen LogP contribution in [0.1, 0.15) is 5.56 Å². The normalized spacial score (nSPS) is 11.6. The van der Waals surface area contributed by atoms with Gasteiger partial charge in [-0.15, -0.1) is 0 Å². The van der Waals surface area contributed by atoms with Crippen molar-refractivity contribution in [2.24, 2.45) is 0 Å². The van der Waals surface area contributed by atoms with Gasteiger partial charge in [0.2, 0.25) is 0 Å². The summed E-state index contributed by atoms with van der Waals surface area (Å²) in [7, 11) is 0. The highest BCUT2D eigenvalue weighted by Crippen LogP contribution is 2.43. The maximum atomic E-state index is 10.9. The molecule has 0 N–H and O–H groups in total. The summed E-state index contributed by atoms with van der Waals surface area (Å²) in [4.78, 5) is 10.3. The maximum absolute atomic E-state index is 10.9. The van der Waals surface area contributed by atoms with Crippen LogP contribution >= 0.6 is 0 Å². The fourth-order valence-electron chi connectivity index (χ4n) is 8.44. The number of fused-ring (bicyclic) bond motifs is 8. The monoisotopic (exact) mass is 713 g/mol. The van der Waals surface area contributed by atoms with E-state index >= 15 is 0 Å². The molecule has 260 valence electrons. The third-order valence-electron chi connectivity index (χ3n) is 10.9. The van der Waals surface area contributed by atoms with Crippen molar-refractivity contribution in [3.05, 3.63) is 194 Å². The van der Waals surface area contributed by atoms with Gasteiger partial charge in [0, 0.05) is 49.6 Å². The van der Waals surface area contributed by atoms with Crippen molar-refractivity contribution in [1.29, 1.82) is 5.26 Å². The summed E-state index contributed by atoms with van der Waals surface area (Å²) in [6.07, 6.45) is 0. The molecule has 0 amide bonds. The van der Waals surface area contributed by atoms with E-state index in [2.05, 4.69) is 161 Å². The molecule has 5 heteroatoms. The van der Waals surface area contributed by atoms with Crippen molar-refractivity contribution >= 4 is 54.4 Å². The SMILES string of the molecule is N#Cc1c(-c2ccc3ccccc3c2)nc(-c2ccccc2)nc1-c1ccc2c(c1)c1ccc3c(c4ccccc4n3-c3ccccc3)c1n2-c1ccccc1. The van der Waals surface area contributed by atoms with Crippen molar-refractivity contribution in [2.45, 2.75) is 0 Å². The molecule has 0 saturated carbocycles. The van der Waals surface area contributed by atoms with Crippen molar-refractivity contribution < 1.29 is 0 Å². The summed E-state index contributed by atoms with van der Waals surface area (Å²) >= 11 is 0. The van der Waals surface area contributed by atoms with Crippen LogP contribution in [0.15, 0.2) is 188 Å². The Morgan fingerprint density at radius 1 is 0.411 bits per heavy atom. The fraction of sp³-hybridized carbons (Fsp3) is 0. The van der Waals surface area contributed by atoms with Crippen LogP contribution in [-0.4, -0.2) is 19.1 Å². The van der Waals surface area contributed by atoms with Gasteiger partial charge in [-0.25, -0.2) is 9.97 Å². The van der Waals surface area contributed by atoms with Crippen LogP contribution in [0.4, 0.5) is 0 Å². The van der Waals surface area contributed by atoms with Gasteiger partial charge >= 0.3 is 0 Å². The lowest BCUT2D eigenvalue weighted by molar-refractivity contribution is 1.17. The standard InChI is InChI=1S/C51H31N5/c52-32-43-48(36-25-24-33-14-10-11-17-35(33)30-36)53-51(34-15-4-1-5-16-34)54-49(43)37-26-28-45-42(31-37)40-27-29-46-47(50(40)56(45)39-20-8-3-9-21-39)41-22-12-13-23-44(41)55(46)38-18-6-2-7-19-38/h1-31H. The molecule has 0 aliphatic rings. The smallest absolute Gasteiger partial charge is 0.160 e. The van der Waals surface area contributed by atoms with Crippen molar-refractivity contribution in [3.8, 4) is 51.3 Å². The highest BCUT2D eigenvalue weighted by molar-refractivity contribution is 6.26. The highest BCUT2D eigenvalue weighted by atomic mass is 15.0. The molecule has 0 bridgehead atoms. The summed E-state index contributed by atoms with van der Waals surface area (Å²) in [5.41, 5.74) is 11.0. The second-order valence-electron chi connectivity index (χ2n) is 14.1. The summed E-state index contributed by atoms with van der Waals surface area (Å²) in [5.74, 6) is 0.574. The first-order chi connectivity index (χ1) is 27.7. The van der Waals surface area contributed by atoms with Crippen molar-refractivity contribution in [2.75, 3.05) is 0 Å². The zero-order valence-corrected chi connectivity index (χ0v) is 30.1. The average molecular weight is 714 g/mol. The van der Waals surface area contributed by atoms with E-state index in [4.69, 9.17) is 9.97 Å². The molecule has 11 aromatic rings. The quantitative estimate of drug-likeness (QED) is 0.178. The number of benzene rings is 8. The first-order valence-electron chi connectivity index (χ1n) is 18.7. The first kappa shape index (κ1) is 31.7. The Morgan fingerprint density at radius 2 is 0.982 bits per heavy atom. The molecule has 0 fully saturated rings. The first-order valence-corrected chi connectivity index (χ1v) is 18.7. The van der Waals surface area contributed by atoms with E-state index < -0.39 is 0 Å². The Morgan fingerprint density at radius 3 is 1.71 bits per heavy atom. The number of para-hydroxylation sites is 3. The van der Waals surface area contributed by atoms with E-state index in [1.54, 1.807) is 0 Å². The topological polar surface area (TPSA) is 59.4 Å². The van der Waals surface area contributed by atoms with E-state index in [-0.39, 0.29) is 0 Å². The lowest BCUT2D eigenvalue weighted by atomic mass is 9.97. The largest absolute Gasteiger partial charge is 0.309 e. The highest BCUT2D eigenvalue weighted by Gasteiger charge is 2.23. The number of hydrogen-bond donors (Lipinski definition) is 0. The van der Waals surface area contributed by atoms with Gasteiger partial charge in [-0.1, -0.05) is 133 Å². The van der Waals surface area contributed by atoms with Crippen LogP contribution in [-0.2, 0) is 0 Å². The Kier molecular flexibility index (Phi) is 7.16. The molecule has 0 aliphatic heterocycles. The van der Waals surface area contributed by atoms with Crippen LogP contribution in [0.5, 0.6) is 0 Å². The fourth-order valence-corrected chi connectivity index (χ4v) is 8.44. The minimum Gasteiger partial charge on any atom is -0.309 e. The van der Waals surface area contributed by atoms with E-state index in [0.717, 1.165) is 71.7 Å². The summed E-state index contributed by atoms with van der Waals surface area (Å²) in [6, 6.07) is 67.9. The number of hydrogen-bond acceptors (Lipinski definition) is 3. The maximum Gasteiger partial charge on any atom is 0.160 e. The molecule has 8 aromatic carbocycles. The molecular weight excluding hydrogens is 683 g/mol. The Bertz CT molecular complexity index is 3350. The molecule has 0 aliphatic carbocycles. The molecule has 0 radical (unpaired) electrons. The third kappa shape index (κ3) is 4.87. The van der Waals surface area contributed by atoms with Crippen LogP contribution < -0.4 is 0 Å². The van der Waals surface area contributed by atoms with Crippen LogP contribution in [0.3, 0.4) is 0 Å². The van der Waals surface area contributed by atoms with Gasteiger partial charge in [0.25, 0.3) is 0 Å². The number of nitriles is 1. The predicted octanol–water partition coefficient (Wildman–Crippen LogP) is 12.7. The van der Waals surface area contributed by atoms with Gasteiger partial charge in [-0.3, -0.25) is 0 Å². The lowest BCUT2D eigenvalue weighted by Gasteiger charge is -2.13. The van der Waals surface area contributed by atoms with Crippen molar-refractivity contribution in [3.63, 3.8) is 0 Å². The average Bonchev–Trinajstić information content (AvgIpc) is 3.79. The second kappa shape index (κ2) is 12.7. The Balaban J connectivity index is 1.22. The molecule has 3 heterocycles. The molecular formula is C51H31N5. The van der Waals surface area contributed by atoms with E-state index in [9.17, 15) is 5.26 Å². The molecule has 56 heavy (non-hydrogen) atoms. The zero-order chi connectivity index (χ0) is 37.2. The van der Waals surface area contributed by atoms with Crippen LogP contribution in [0, 0.1) is 11.3 Å². The molecule has 0 atom stereocenters. The van der Waals surface area contributed by atoms with E-state index in [0.29, 0.717) is 22.8 Å². The Hall–Kier alpha value is -7.81. The van der Waals surface area contributed by atoms with E-state index in [1.165, 1.54) is 10.8 Å². The third-order valence-corrected chi connectivity index (χ3v) is 10.9.